The summed E-state index contributed by atoms with van der Waals surface area (Å²) in [4.78, 5) is 12.3. The van der Waals surface area contributed by atoms with Crippen molar-refractivity contribution < 1.29 is 22.2 Å². The molecule has 3 N–H and O–H groups in total. The number of methoxy groups -OCH3 is 1. The van der Waals surface area contributed by atoms with Crippen LogP contribution in [-0.2, 0) is 27.2 Å². The van der Waals surface area contributed by atoms with E-state index in [4.69, 9.17) is 21.5 Å². The van der Waals surface area contributed by atoms with E-state index in [1.54, 1.807) is 18.2 Å². The summed E-state index contributed by atoms with van der Waals surface area (Å²) in [6.45, 7) is 0.243. The van der Waals surface area contributed by atoms with E-state index in [1.165, 1.54) is 31.6 Å². The summed E-state index contributed by atoms with van der Waals surface area (Å²) in [5.41, 5.74) is 0.929. The molecule has 1 unspecified atom stereocenters. The molecule has 0 heterocycles. The van der Waals surface area contributed by atoms with Gasteiger partial charge in [-0.2, -0.15) is 0 Å². The Labute approximate surface area is 165 Å². The van der Waals surface area contributed by atoms with Crippen molar-refractivity contribution in [2.75, 3.05) is 19.9 Å². The predicted molar refractivity (Wildman–Crippen MR) is 104 cm³/mol. The summed E-state index contributed by atoms with van der Waals surface area (Å²) >= 11 is 5.92. The van der Waals surface area contributed by atoms with E-state index in [9.17, 15) is 17.4 Å². The molecule has 0 spiro atoms. The van der Waals surface area contributed by atoms with Gasteiger partial charge < -0.3 is 10.1 Å². The van der Waals surface area contributed by atoms with E-state index >= 15 is 0 Å². The fraction of sp³-hybridized carbons (Fsp3) is 0.235. The summed E-state index contributed by atoms with van der Waals surface area (Å²) in [5, 5.41) is 8.34. The van der Waals surface area contributed by atoms with Gasteiger partial charge in [0.05, 0.1) is 33.3 Å². The number of nitrogens with two attached hydrogens (primary N) is 1. The highest BCUT2D eigenvalue weighted by Crippen LogP contribution is 2.23. The van der Waals surface area contributed by atoms with Gasteiger partial charge in [-0.25, -0.2) is 13.6 Å². The van der Waals surface area contributed by atoms with Gasteiger partial charge in [-0.05, 0) is 42.3 Å². The van der Waals surface area contributed by atoms with Gasteiger partial charge in [0.1, 0.15) is 5.75 Å². The van der Waals surface area contributed by atoms with Crippen molar-refractivity contribution >= 4 is 38.3 Å². The average molecular weight is 431 g/mol. The molecule has 0 aliphatic heterocycles. The quantitative estimate of drug-likeness (QED) is 0.693. The number of rotatable bonds is 7. The molecule has 0 saturated heterocycles. The largest absolute Gasteiger partial charge is 0.496 e. The molecule has 7 nitrogen and oxygen atoms in total. The van der Waals surface area contributed by atoms with Crippen molar-refractivity contribution in [3.8, 4) is 5.75 Å². The normalized spacial score (nSPS) is 12.4. The van der Waals surface area contributed by atoms with Gasteiger partial charge in [-0.15, -0.1) is 0 Å². The molecular weight excluding hydrogens is 412 g/mol. The Morgan fingerprint density at radius 2 is 1.96 bits per heavy atom. The van der Waals surface area contributed by atoms with Crippen molar-refractivity contribution in [3.63, 3.8) is 0 Å². The average Bonchev–Trinajstić information content (AvgIpc) is 2.60. The lowest BCUT2D eigenvalue weighted by molar-refractivity contribution is 0.0951. The molecule has 0 radical (unpaired) electrons. The van der Waals surface area contributed by atoms with Crippen LogP contribution in [0.4, 0.5) is 0 Å². The Kier molecular flexibility index (Phi) is 6.99. The van der Waals surface area contributed by atoms with Gasteiger partial charge in [-0.1, -0.05) is 17.7 Å². The summed E-state index contributed by atoms with van der Waals surface area (Å²) < 4.78 is 40.3. The van der Waals surface area contributed by atoms with Gasteiger partial charge in [0.25, 0.3) is 5.91 Å². The zero-order valence-corrected chi connectivity index (χ0v) is 17.1. The highest BCUT2D eigenvalue weighted by Gasteiger charge is 2.17. The molecule has 2 aromatic rings. The Morgan fingerprint density at radius 1 is 1.26 bits per heavy atom. The monoisotopic (exact) mass is 430 g/mol. The third-order valence-corrected chi connectivity index (χ3v) is 6.02. The van der Waals surface area contributed by atoms with E-state index in [1.807, 2.05) is 0 Å². The lowest BCUT2D eigenvalue weighted by Gasteiger charge is -2.11. The lowest BCUT2D eigenvalue weighted by Crippen LogP contribution is -2.26. The van der Waals surface area contributed by atoms with Crippen LogP contribution in [0.1, 0.15) is 15.9 Å². The van der Waals surface area contributed by atoms with E-state index in [0.717, 1.165) is 0 Å². The van der Waals surface area contributed by atoms with Gasteiger partial charge in [-0.3, -0.25) is 9.00 Å². The van der Waals surface area contributed by atoms with Gasteiger partial charge >= 0.3 is 0 Å². The molecule has 0 aliphatic carbocycles. The second-order valence-electron chi connectivity index (χ2n) is 5.63. The van der Waals surface area contributed by atoms with Crippen LogP contribution in [0.25, 0.3) is 0 Å². The molecule has 1 atom stereocenters. The minimum Gasteiger partial charge on any atom is -0.496 e. The van der Waals surface area contributed by atoms with Crippen LogP contribution in [0.3, 0.4) is 0 Å². The molecule has 2 aromatic carbocycles. The van der Waals surface area contributed by atoms with Crippen LogP contribution in [0.2, 0.25) is 5.02 Å². The number of sulfonamides is 1. The predicted octanol–water partition coefficient (Wildman–Crippen LogP) is 1.71. The molecule has 27 heavy (non-hydrogen) atoms. The first-order valence-corrected chi connectivity index (χ1v) is 11.2. The number of nitrogens with one attached hydrogen (secondary N) is 1. The number of halogens is 1. The smallest absolute Gasteiger partial charge is 0.255 e. The van der Waals surface area contributed by atoms with Gasteiger partial charge in [0, 0.05) is 17.8 Å². The maximum Gasteiger partial charge on any atom is 0.255 e. The van der Waals surface area contributed by atoms with Crippen molar-refractivity contribution in [1.29, 1.82) is 0 Å². The number of hydrogen-bond donors (Lipinski definition) is 2. The molecule has 0 bridgehead atoms. The maximum atomic E-state index is 12.3. The van der Waals surface area contributed by atoms with E-state index in [2.05, 4.69) is 5.32 Å². The number of carbonyl (C=O) groups is 1. The third kappa shape index (κ3) is 5.52. The van der Waals surface area contributed by atoms with Crippen molar-refractivity contribution in [1.82, 2.24) is 5.32 Å². The standard InChI is InChI=1S/C17H19ClN2O5S2/c1-25-14-5-4-12(18)10-13(14)17(21)20-8-7-11-3-6-15(26(2)22)16(9-11)27(19,23)24/h3-6,9-10H,7-8H2,1-2H3,(H,20,21)(H2,19,23,24). The zero-order chi connectivity index (χ0) is 20.2. The molecule has 10 heteroatoms. The Balaban J connectivity index is 2.13. The second kappa shape index (κ2) is 8.83. The molecule has 146 valence electrons. The third-order valence-electron chi connectivity index (χ3n) is 3.73. The van der Waals surface area contributed by atoms with Crippen LogP contribution in [0.15, 0.2) is 46.2 Å². The zero-order valence-electron chi connectivity index (χ0n) is 14.7. The second-order valence-corrected chi connectivity index (χ2v) is 8.95. The van der Waals surface area contributed by atoms with Crippen LogP contribution in [-0.4, -0.2) is 38.4 Å². The number of hydrogen-bond acceptors (Lipinski definition) is 5. The first kappa shape index (κ1) is 21.4. The summed E-state index contributed by atoms with van der Waals surface area (Å²) in [6, 6.07) is 9.20. The van der Waals surface area contributed by atoms with E-state index in [-0.39, 0.29) is 22.2 Å². The van der Waals surface area contributed by atoms with Crippen LogP contribution >= 0.6 is 11.6 Å². The topological polar surface area (TPSA) is 116 Å². The van der Waals surface area contributed by atoms with Crippen LogP contribution in [0.5, 0.6) is 5.75 Å². The Bertz CT molecular complexity index is 993. The number of primary sulfonamides is 1. The molecule has 0 fully saturated rings. The number of benzene rings is 2. The van der Waals surface area contributed by atoms with E-state index < -0.39 is 20.8 Å². The first-order valence-electron chi connectivity index (χ1n) is 7.74. The van der Waals surface area contributed by atoms with Crippen molar-refractivity contribution in [2.45, 2.75) is 16.2 Å². The van der Waals surface area contributed by atoms with E-state index in [0.29, 0.717) is 28.3 Å². The molecule has 0 aromatic heterocycles. The highest BCUT2D eigenvalue weighted by molar-refractivity contribution is 7.90. The van der Waals surface area contributed by atoms with Crippen LogP contribution in [0, 0.1) is 0 Å². The minimum absolute atomic E-state index is 0.147. The molecule has 1 amide bonds. The number of ether oxygens (including phenoxy) is 1. The fourth-order valence-electron chi connectivity index (χ4n) is 2.44. The number of amides is 1. The molecular formula is C17H19ClN2O5S2. The number of carbonyl (C=O) groups excluding carboxylic acids is 1. The minimum atomic E-state index is -4.01. The molecule has 0 aliphatic rings. The summed E-state index contributed by atoms with van der Waals surface area (Å²) in [7, 11) is -4.05. The summed E-state index contributed by atoms with van der Waals surface area (Å²) in [5.74, 6) is 0.0236. The van der Waals surface area contributed by atoms with Crippen LogP contribution < -0.4 is 15.2 Å². The maximum absolute atomic E-state index is 12.3. The molecule has 2 rings (SSSR count). The lowest BCUT2D eigenvalue weighted by atomic mass is 10.1. The fourth-order valence-corrected chi connectivity index (χ4v) is 4.58. The highest BCUT2D eigenvalue weighted by atomic mass is 35.5. The SMILES string of the molecule is COc1ccc(Cl)cc1C(=O)NCCc1ccc(S(C)=O)c(S(N)(=O)=O)c1. The van der Waals surface area contributed by atoms with Gasteiger partial charge in [0.15, 0.2) is 0 Å². The summed E-state index contributed by atoms with van der Waals surface area (Å²) in [6.07, 6.45) is 1.73. The Hall–Kier alpha value is -1.94. The van der Waals surface area contributed by atoms with Gasteiger partial charge in [0.2, 0.25) is 10.0 Å². The van der Waals surface area contributed by atoms with Crippen molar-refractivity contribution in [3.05, 3.63) is 52.5 Å². The molecule has 0 saturated carbocycles. The van der Waals surface area contributed by atoms with Crippen molar-refractivity contribution in [2.24, 2.45) is 5.14 Å². The first-order chi connectivity index (χ1) is 12.6. The Morgan fingerprint density at radius 3 is 2.56 bits per heavy atom.